The highest BCUT2D eigenvalue weighted by atomic mass is 35.5. The van der Waals surface area contributed by atoms with Crippen molar-refractivity contribution in [2.45, 2.75) is 25.7 Å². The Morgan fingerprint density at radius 3 is 2.67 bits per heavy atom. The van der Waals surface area contributed by atoms with Crippen molar-refractivity contribution in [2.75, 3.05) is 18.0 Å². The lowest BCUT2D eigenvalue weighted by Gasteiger charge is -2.49. The van der Waals surface area contributed by atoms with Gasteiger partial charge in [0.1, 0.15) is 5.82 Å². The molecule has 0 unspecified atom stereocenters. The van der Waals surface area contributed by atoms with Crippen LogP contribution in [-0.4, -0.2) is 18.1 Å². The summed E-state index contributed by atoms with van der Waals surface area (Å²) < 4.78 is 0. The molecule has 1 aliphatic heterocycles. The number of rotatable bonds is 1. The topological polar surface area (TPSA) is 16.1 Å². The third-order valence-electron chi connectivity index (χ3n) is 3.76. The largest absolute Gasteiger partial charge is 0.354 e. The number of aromatic nitrogens is 1. The average molecular weight is 223 g/mol. The van der Waals surface area contributed by atoms with Gasteiger partial charge in [-0.2, -0.15) is 0 Å². The van der Waals surface area contributed by atoms with Crippen molar-refractivity contribution >= 4 is 17.4 Å². The number of anilines is 1. The zero-order chi connectivity index (χ0) is 10.3. The highest BCUT2D eigenvalue weighted by Gasteiger charge is 2.45. The van der Waals surface area contributed by atoms with Crippen molar-refractivity contribution in [3.05, 3.63) is 23.4 Å². The molecule has 1 aromatic rings. The first-order valence-corrected chi connectivity index (χ1v) is 6.02. The average Bonchev–Trinajstić information content (AvgIpc) is 2.65. The van der Waals surface area contributed by atoms with E-state index in [1.54, 1.807) is 0 Å². The first-order valence-electron chi connectivity index (χ1n) is 5.65. The maximum atomic E-state index is 6.12. The van der Waals surface area contributed by atoms with Crippen molar-refractivity contribution in [1.29, 1.82) is 0 Å². The lowest BCUT2D eigenvalue weighted by atomic mass is 9.78. The second-order valence-corrected chi connectivity index (χ2v) is 5.28. The number of nitrogens with zero attached hydrogens (tertiary/aromatic N) is 2. The van der Waals surface area contributed by atoms with E-state index in [1.807, 2.05) is 18.3 Å². The van der Waals surface area contributed by atoms with Crippen LogP contribution in [0.25, 0.3) is 0 Å². The Morgan fingerprint density at radius 1 is 1.27 bits per heavy atom. The number of hydrogen-bond acceptors (Lipinski definition) is 2. The Hall–Kier alpha value is -0.760. The molecule has 0 bridgehead atoms. The van der Waals surface area contributed by atoms with Crippen LogP contribution in [0.15, 0.2) is 18.3 Å². The van der Waals surface area contributed by atoms with E-state index < -0.39 is 0 Å². The summed E-state index contributed by atoms with van der Waals surface area (Å²) in [6.45, 7) is 2.31. The number of pyridine rings is 1. The Bertz CT molecular complexity index is 364. The van der Waals surface area contributed by atoms with E-state index in [0.717, 1.165) is 23.9 Å². The van der Waals surface area contributed by atoms with Crippen molar-refractivity contribution < 1.29 is 0 Å². The van der Waals surface area contributed by atoms with E-state index in [-0.39, 0.29) is 0 Å². The summed E-state index contributed by atoms with van der Waals surface area (Å²) in [5, 5.41) is 0.783. The first kappa shape index (κ1) is 9.46. The second kappa shape index (κ2) is 3.38. The smallest absolute Gasteiger partial charge is 0.147 e. The molecule has 3 heteroatoms. The fraction of sp³-hybridized carbons (Fsp3) is 0.583. The third kappa shape index (κ3) is 1.51. The fourth-order valence-electron chi connectivity index (χ4n) is 2.96. The molecule has 0 amide bonds. The SMILES string of the molecule is Clc1cccnc1N1CC2(CCCC2)C1. The summed E-state index contributed by atoms with van der Waals surface area (Å²) in [6.07, 6.45) is 7.43. The fourth-order valence-corrected chi connectivity index (χ4v) is 3.21. The summed E-state index contributed by atoms with van der Waals surface area (Å²) in [5.74, 6) is 0.969. The standard InChI is InChI=1S/C12H15ClN2/c13-10-4-3-7-14-11(10)15-8-12(9-15)5-1-2-6-12/h3-4,7H,1-2,5-6,8-9H2. The molecule has 1 spiro atoms. The Labute approximate surface area is 95.3 Å². The molecule has 1 saturated heterocycles. The molecule has 1 aliphatic carbocycles. The molecule has 2 heterocycles. The van der Waals surface area contributed by atoms with E-state index >= 15 is 0 Å². The summed E-state index contributed by atoms with van der Waals surface area (Å²) >= 11 is 6.12. The van der Waals surface area contributed by atoms with Gasteiger partial charge < -0.3 is 4.90 Å². The van der Waals surface area contributed by atoms with Crippen LogP contribution >= 0.6 is 11.6 Å². The first-order chi connectivity index (χ1) is 7.29. The van der Waals surface area contributed by atoms with Crippen LogP contribution in [0.2, 0.25) is 5.02 Å². The summed E-state index contributed by atoms with van der Waals surface area (Å²) in [5.41, 5.74) is 0.612. The van der Waals surface area contributed by atoms with Crippen LogP contribution in [0.3, 0.4) is 0 Å². The lowest BCUT2D eigenvalue weighted by Crippen LogP contribution is -2.55. The van der Waals surface area contributed by atoms with Gasteiger partial charge in [0.2, 0.25) is 0 Å². The minimum atomic E-state index is 0.612. The number of halogens is 1. The zero-order valence-corrected chi connectivity index (χ0v) is 9.50. The highest BCUT2D eigenvalue weighted by molar-refractivity contribution is 6.32. The van der Waals surface area contributed by atoms with Crippen LogP contribution in [-0.2, 0) is 0 Å². The maximum absolute atomic E-state index is 6.12. The van der Waals surface area contributed by atoms with E-state index in [0.29, 0.717) is 5.41 Å². The molecule has 1 saturated carbocycles. The molecule has 80 valence electrons. The Morgan fingerprint density at radius 2 is 2.00 bits per heavy atom. The summed E-state index contributed by atoms with van der Waals surface area (Å²) in [7, 11) is 0. The molecular formula is C12H15ClN2. The van der Waals surface area contributed by atoms with Gasteiger partial charge >= 0.3 is 0 Å². The minimum absolute atomic E-state index is 0.612. The molecule has 0 N–H and O–H groups in total. The predicted molar refractivity (Wildman–Crippen MR) is 62.4 cm³/mol. The van der Waals surface area contributed by atoms with Crippen molar-refractivity contribution in [1.82, 2.24) is 4.98 Å². The van der Waals surface area contributed by atoms with Gasteiger partial charge in [-0.25, -0.2) is 4.98 Å². The van der Waals surface area contributed by atoms with E-state index in [1.165, 1.54) is 25.7 Å². The normalized spacial score (nSPS) is 23.1. The van der Waals surface area contributed by atoms with E-state index in [9.17, 15) is 0 Å². The second-order valence-electron chi connectivity index (χ2n) is 4.87. The van der Waals surface area contributed by atoms with Crippen LogP contribution in [0.5, 0.6) is 0 Å². The third-order valence-corrected chi connectivity index (χ3v) is 4.05. The van der Waals surface area contributed by atoms with Gasteiger partial charge in [-0.15, -0.1) is 0 Å². The van der Waals surface area contributed by atoms with E-state index in [4.69, 9.17) is 11.6 Å². The van der Waals surface area contributed by atoms with Gasteiger partial charge in [-0.3, -0.25) is 0 Å². The van der Waals surface area contributed by atoms with Crippen LogP contribution < -0.4 is 4.90 Å². The lowest BCUT2D eigenvalue weighted by molar-refractivity contribution is 0.220. The van der Waals surface area contributed by atoms with Crippen LogP contribution in [0, 0.1) is 5.41 Å². The van der Waals surface area contributed by atoms with Crippen LogP contribution in [0.1, 0.15) is 25.7 Å². The molecule has 1 aromatic heterocycles. The van der Waals surface area contributed by atoms with Crippen LogP contribution in [0.4, 0.5) is 5.82 Å². The Kier molecular flexibility index (Phi) is 2.13. The predicted octanol–water partition coefficient (Wildman–Crippen LogP) is 3.12. The van der Waals surface area contributed by atoms with E-state index in [2.05, 4.69) is 9.88 Å². The molecule has 2 nitrogen and oxygen atoms in total. The van der Waals surface area contributed by atoms with Crippen molar-refractivity contribution in [3.63, 3.8) is 0 Å². The molecule has 0 aromatic carbocycles. The van der Waals surface area contributed by atoms with Gasteiger partial charge in [0, 0.05) is 24.7 Å². The molecular weight excluding hydrogens is 208 g/mol. The molecule has 0 radical (unpaired) electrons. The minimum Gasteiger partial charge on any atom is -0.354 e. The highest BCUT2D eigenvalue weighted by Crippen LogP contribution is 2.47. The molecule has 2 fully saturated rings. The van der Waals surface area contributed by atoms with Gasteiger partial charge in [-0.05, 0) is 25.0 Å². The monoisotopic (exact) mass is 222 g/mol. The maximum Gasteiger partial charge on any atom is 0.147 e. The van der Waals surface area contributed by atoms with Crippen molar-refractivity contribution in [3.8, 4) is 0 Å². The molecule has 0 atom stereocenters. The Balaban J connectivity index is 1.75. The number of hydrogen-bond donors (Lipinski definition) is 0. The van der Waals surface area contributed by atoms with Gasteiger partial charge in [0.15, 0.2) is 0 Å². The molecule has 2 aliphatic rings. The summed E-state index contributed by atoms with van der Waals surface area (Å²) in [4.78, 5) is 6.66. The van der Waals surface area contributed by atoms with Gasteiger partial charge in [0.25, 0.3) is 0 Å². The molecule has 15 heavy (non-hydrogen) atoms. The van der Waals surface area contributed by atoms with Gasteiger partial charge in [-0.1, -0.05) is 24.4 Å². The van der Waals surface area contributed by atoms with Crippen molar-refractivity contribution in [2.24, 2.45) is 5.41 Å². The van der Waals surface area contributed by atoms with Gasteiger partial charge in [0.05, 0.1) is 5.02 Å². The molecule has 3 rings (SSSR count). The quantitative estimate of drug-likeness (QED) is 0.726. The summed E-state index contributed by atoms with van der Waals surface area (Å²) in [6, 6.07) is 3.81. The zero-order valence-electron chi connectivity index (χ0n) is 8.75.